The van der Waals surface area contributed by atoms with Gasteiger partial charge in [0.1, 0.15) is 0 Å². The zero-order valence-corrected chi connectivity index (χ0v) is 11.5. The van der Waals surface area contributed by atoms with E-state index in [4.69, 9.17) is 0 Å². The number of carbonyl (C=O) groups is 2. The van der Waals surface area contributed by atoms with Gasteiger partial charge in [0.05, 0.1) is 6.54 Å². The van der Waals surface area contributed by atoms with Gasteiger partial charge in [-0.05, 0) is 13.2 Å². The summed E-state index contributed by atoms with van der Waals surface area (Å²) in [5, 5.41) is 2.81. The smallest absolute Gasteiger partial charge is 0.236 e. The zero-order chi connectivity index (χ0) is 12.6. The molecular weight excluding hydrogens is 225 g/mol. The zero-order valence-electron chi connectivity index (χ0n) is 10.3. The van der Waals surface area contributed by atoms with E-state index in [9.17, 15) is 9.59 Å². The molecular formula is C10H22N3O2P. The summed E-state index contributed by atoms with van der Waals surface area (Å²) in [5.74, 6) is 0.0915. The third kappa shape index (κ3) is 6.03. The van der Waals surface area contributed by atoms with Crippen molar-refractivity contribution in [1.82, 2.24) is 15.1 Å². The molecule has 1 N–H and O–H groups in total. The first-order chi connectivity index (χ1) is 7.52. The van der Waals surface area contributed by atoms with E-state index in [0.29, 0.717) is 26.2 Å². The van der Waals surface area contributed by atoms with E-state index in [-0.39, 0.29) is 11.8 Å². The van der Waals surface area contributed by atoms with Crippen LogP contribution in [0, 0.1) is 0 Å². The van der Waals surface area contributed by atoms with Crippen LogP contribution in [0.4, 0.5) is 0 Å². The molecule has 0 aliphatic rings. The first-order valence-corrected chi connectivity index (χ1v) is 6.18. The lowest BCUT2D eigenvalue weighted by Gasteiger charge is -2.24. The van der Waals surface area contributed by atoms with Crippen LogP contribution in [0.2, 0.25) is 0 Å². The lowest BCUT2D eigenvalue weighted by Crippen LogP contribution is -2.41. The SMILES string of the molecule is CNCC(=O)N(C)CCN(CCP)C(C)=O. The van der Waals surface area contributed by atoms with E-state index in [2.05, 4.69) is 14.6 Å². The summed E-state index contributed by atoms with van der Waals surface area (Å²) in [7, 11) is 6.08. The van der Waals surface area contributed by atoms with Gasteiger partial charge in [-0.25, -0.2) is 0 Å². The van der Waals surface area contributed by atoms with E-state index in [1.807, 2.05) is 0 Å². The highest BCUT2D eigenvalue weighted by atomic mass is 31.0. The molecule has 0 aromatic carbocycles. The van der Waals surface area contributed by atoms with Crippen LogP contribution in [0.5, 0.6) is 0 Å². The topological polar surface area (TPSA) is 52.7 Å². The number of nitrogens with zero attached hydrogens (tertiary/aromatic N) is 2. The van der Waals surface area contributed by atoms with Crippen molar-refractivity contribution >= 4 is 21.1 Å². The third-order valence-corrected chi connectivity index (χ3v) is 2.56. The Morgan fingerprint density at radius 3 is 2.31 bits per heavy atom. The van der Waals surface area contributed by atoms with E-state index in [1.165, 1.54) is 0 Å². The fraction of sp³-hybridized carbons (Fsp3) is 0.800. The van der Waals surface area contributed by atoms with Gasteiger partial charge in [0.25, 0.3) is 0 Å². The maximum atomic E-state index is 11.4. The predicted molar refractivity (Wildman–Crippen MR) is 68.4 cm³/mol. The van der Waals surface area contributed by atoms with Gasteiger partial charge in [-0.3, -0.25) is 9.59 Å². The molecule has 0 aliphatic heterocycles. The molecule has 16 heavy (non-hydrogen) atoms. The maximum Gasteiger partial charge on any atom is 0.236 e. The van der Waals surface area contributed by atoms with Crippen LogP contribution in [0.3, 0.4) is 0 Å². The molecule has 0 saturated carbocycles. The van der Waals surface area contributed by atoms with Crippen LogP contribution in [0.1, 0.15) is 6.92 Å². The summed E-state index contributed by atoms with van der Waals surface area (Å²) in [6, 6.07) is 0. The second-order valence-electron chi connectivity index (χ2n) is 3.64. The van der Waals surface area contributed by atoms with Gasteiger partial charge in [0, 0.05) is 33.6 Å². The van der Waals surface area contributed by atoms with Crippen molar-refractivity contribution in [2.24, 2.45) is 0 Å². The van der Waals surface area contributed by atoms with Crippen molar-refractivity contribution in [3.05, 3.63) is 0 Å². The average molecular weight is 247 g/mol. The Morgan fingerprint density at radius 2 is 1.88 bits per heavy atom. The van der Waals surface area contributed by atoms with Crippen LogP contribution in [-0.4, -0.2) is 68.1 Å². The van der Waals surface area contributed by atoms with Gasteiger partial charge >= 0.3 is 0 Å². The van der Waals surface area contributed by atoms with Crippen LogP contribution >= 0.6 is 9.24 Å². The summed E-state index contributed by atoms with van der Waals surface area (Å²) >= 11 is 0. The van der Waals surface area contributed by atoms with Crippen molar-refractivity contribution in [1.29, 1.82) is 0 Å². The molecule has 1 atom stereocenters. The Morgan fingerprint density at radius 1 is 1.25 bits per heavy atom. The summed E-state index contributed by atoms with van der Waals surface area (Å²) in [5.41, 5.74) is 0. The largest absolute Gasteiger partial charge is 0.343 e. The number of hydrogen-bond acceptors (Lipinski definition) is 3. The van der Waals surface area contributed by atoms with Gasteiger partial charge in [-0.1, -0.05) is 0 Å². The minimum atomic E-state index is 0.0388. The minimum absolute atomic E-state index is 0.0388. The van der Waals surface area contributed by atoms with E-state index >= 15 is 0 Å². The molecule has 94 valence electrons. The summed E-state index contributed by atoms with van der Waals surface area (Å²) in [4.78, 5) is 26.1. The Balaban J connectivity index is 3.99. The maximum absolute atomic E-state index is 11.4. The normalized spacial score (nSPS) is 10.0. The fourth-order valence-corrected chi connectivity index (χ4v) is 1.58. The molecule has 0 spiro atoms. The summed E-state index contributed by atoms with van der Waals surface area (Å²) in [6.45, 7) is 3.77. The monoisotopic (exact) mass is 247 g/mol. The molecule has 0 aromatic rings. The van der Waals surface area contributed by atoms with Crippen LogP contribution in [0.15, 0.2) is 0 Å². The molecule has 2 amide bonds. The van der Waals surface area contributed by atoms with Gasteiger partial charge in [-0.2, -0.15) is 0 Å². The highest BCUT2D eigenvalue weighted by Gasteiger charge is 2.11. The van der Waals surface area contributed by atoms with Gasteiger partial charge in [0.15, 0.2) is 0 Å². The van der Waals surface area contributed by atoms with Crippen molar-refractivity contribution in [2.75, 3.05) is 46.4 Å². The van der Waals surface area contributed by atoms with E-state index < -0.39 is 0 Å². The Kier molecular flexibility index (Phi) is 8.12. The Bertz CT molecular complexity index is 236. The number of nitrogens with one attached hydrogen (secondary N) is 1. The Labute approximate surface area is 99.7 Å². The second kappa shape index (κ2) is 8.48. The molecule has 5 nitrogen and oxygen atoms in total. The molecule has 0 rings (SSSR count). The molecule has 0 fully saturated rings. The van der Waals surface area contributed by atoms with Crippen molar-refractivity contribution in [3.63, 3.8) is 0 Å². The number of likely N-dealkylation sites (N-methyl/N-ethyl adjacent to an activating group) is 2. The predicted octanol–water partition coefficient (Wildman–Crippen LogP) is -0.612. The molecule has 0 aromatic heterocycles. The molecule has 0 radical (unpaired) electrons. The third-order valence-electron chi connectivity index (χ3n) is 2.30. The molecule has 1 unspecified atom stereocenters. The van der Waals surface area contributed by atoms with Gasteiger partial charge in [0.2, 0.25) is 11.8 Å². The van der Waals surface area contributed by atoms with Crippen molar-refractivity contribution in [3.8, 4) is 0 Å². The molecule has 6 heteroatoms. The molecule has 0 aliphatic carbocycles. The highest BCUT2D eigenvalue weighted by molar-refractivity contribution is 7.16. The minimum Gasteiger partial charge on any atom is -0.343 e. The number of hydrogen-bond donors (Lipinski definition) is 1. The number of carbonyl (C=O) groups excluding carboxylic acids is 2. The van der Waals surface area contributed by atoms with E-state index in [0.717, 1.165) is 6.16 Å². The summed E-state index contributed by atoms with van der Waals surface area (Å²) in [6.07, 6.45) is 0.855. The van der Waals surface area contributed by atoms with E-state index in [1.54, 1.807) is 30.8 Å². The van der Waals surface area contributed by atoms with Crippen molar-refractivity contribution < 1.29 is 9.59 Å². The lowest BCUT2D eigenvalue weighted by molar-refractivity contribution is -0.132. The second-order valence-corrected chi connectivity index (χ2v) is 4.22. The molecule has 0 bridgehead atoms. The number of amides is 2. The first-order valence-electron chi connectivity index (χ1n) is 5.37. The lowest BCUT2D eigenvalue weighted by atomic mass is 10.4. The molecule has 0 saturated heterocycles. The average Bonchev–Trinajstić information content (AvgIpc) is 2.23. The number of rotatable bonds is 7. The van der Waals surface area contributed by atoms with Gasteiger partial charge in [-0.15, -0.1) is 9.24 Å². The first kappa shape index (κ1) is 15.3. The Hall–Kier alpha value is -0.670. The highest BCUT2D eigenvalue weighted by Crippen LogP contribution is 1.94. The van der Waals surface area contributed by atoms with Crippen LogP contribution in [0.25, 0.3) is 0 Å². The van der Waals surface area contributed by atoms with Gasteiger partial charge < -0.3 is 15.1 Å². The summed E-state index contributed by atoms with van der Waals surface area (Å²) < 4.78 is 0. The molecule has 0 heterocycles. The van der Waals surface area contributed by atoms with Crippen molar-refractivity contribution in [2.45, 2.75) is 6.92 Å². The fourth-order valence-electron chi connectivity index (χ4n) is 1.26. The standard InChI is InChI=1S/C10H22N3O2P/c1-9(14)13(6-7-16)5-4-12(3)10(15)8-11-2/h11H,4-8,16H2,1-3H3. The quantitative estimate of drug-likeness (QED) is 0.611. The van der Waals surface area contributed by atoms with Crippen LogP contribution in [-0.2, 0) is 9.59 Å². The van der Waals surface area contributed by atoms with Crippen LogP contribution < -0.4 is 5.32 Å².